The van der Waals surface area contributed by atoms with Crippen LogP contribution in [0.25, 0.3) is 0 Å². The van der Waals surface area contributed by atoms with E-state index in [1.54, 1.807) is 0 Å². The molecule has 1 atom stereocenters. The largest absolute Gasteiger partial charge is 0.465 e. The van der Waals surface area contributed by atoms with Crippen molar-refractivity contribution in [2.45, 2.75) is 33.6 Å². The van der Waals surface area contributed by atoms with Crippen molar-refractivity contribution >= 4 is 5.78 Å². The number of ketones is 1. The lowest BCUT2D eigenvalue weighted by atomic mass is 9.87. The van der Waals surface area contributed by atoms with Crippen LogP contribution in [0.3, 0.4) is 0 Å². The molecule has 0 N–H and O–H groups in total. The molecule has 1 heterocycles. The Balaban J connectivity index is 2.55. The van der Waals surface area contributed by atoms with Gasteiger partial charge in [0.1, 0.15) is 11.5 Å². The molecular weight excluding hydrogens is 164 g/mol. The Kier molecular flexibility index (Phi) is 1.79. The molecule has 0 aliphatic heterocycles. The van der Waals surface area contributed by atoms with Gasteiger partial charge in [0, 0.05) is 18.4 Å². The normalized spacial score (nSPS) is 21.8. The number of carbonyl (C=O) groups is 1. The van der Waals surface area contributed by atoms with Crippen molar-refractivity contribution in [3.05, 3.63) is 22.6 Å². The zero-order valence-corrected chi connectivity index (χ0v) is 8.31. The van der Waals surface area contributed by atoms with Gasteiger partial charge in [0.15, 0.2) is 5.78 Å². The van der Waals surface area contributed by atoms with Gasteiger partial charge in [-0.25, -0.2) is 0 Å². The molecule has 2 nitrogen and oxygen atoms in total. The lowest BCUT2D eigenvalue weighted by molar-refractivity contribution is 0.0948. The van der Waals surface area contributed by atoms with E-state index < -0.39 is 0 Å². The highest BCUT2D eigenvalue weighted by Gasteiger charge is 2.28. The van der Waals surface area contributed by atoms with E-state index in [0.29, 0.717) is 12.3 Å². The van der Waals surface area contributed by atoms with Crippen molar-refractivity contribution in [1.82, 2.24) is 0 Å². The summed E-state index contributed by atoms with van der Waals surface area (Å²) < 4.78 is 5.56. The summed E-state index contributed by atoms with van der Waals surface area (Å²) in [5.74, 6) is 2.49. The number of hydrogen-bond acceptors (Lipinski definition) is 2. The van der Waals surface area contributed by atoms with Crippen LogP contribution in [0, 0.1) is 19.8 Å². The van der Waals surface area contributed by atoms with Gasteiger partial charge in [0.2, 0.25) is 0 Å². The van der Waals surface area contributed by atoms with Crippen LogP contribution in [-0.2, 0) is 6.42 Å². The Morgan fingerprint density at radius 3 is 2.69 bits per heavy atom. The van der Waals surface area contributed by atoms with Crippen LogP contribution in [0.15, 0.2) is 4.42 Å². The molecule has 0 bridgehead atoms. The highest BCUT2D eigenvalue weighted by Crippen LogP contribution is 2.31. The third-order valence-corrected chi connectivity index (χ3v) is 2.80. The van der Waals surface area contributed by atoms with Gasteiger partial charge in [-0.15, -0.1) is 0 Å². The quantitative estimate of drug-likeness (QED) is 0.611. The minimum absolute atomic E-state index is 0.253. The van der Waals surface area contributed by atoms with Crippen molar-refractivity contribution in [2.24, 2.45) is 5.92 Å². The third-order valence-electron chi connectivity index (χ3n) is 2.80. The molecule has 0 aromatic carbocycles. The molecular formula is C11H14O2. The SMILES string of the molecule is Cc1oc2c(c1C)C(=O)CC(C)C2. The fourth-order valence-electron chi connectivity index (χ4n) is 2.01. The Morgan fingerprint density at radius 2 is 2.00 bits per heavy atom. The summed E-state index contributed by atoms with van der Waals surface area (Å²) in [6, 6.07) is 0. The fraction of sp³-hybridized carbons (Fsp3) is 0.545. The van der Waals surface area contributed by atoms with E-state index in [2.05, 4.69) is 6.92 Å². The summed E-state index contributed by atoms with van der Waals surface area (Å²) in [5, 5.41) is 0. The number of furan rings is 1. The first-order valence-corrected chi connectivity index (χ1v) is 4.71. The Hall–Kier alpha value is -1.05. The molecule has 0 radical (unpaired) electrons. The number of hydrogen-bond donors (Lipinski definition) is 0. The number of aryl methyl sites for hydroxylation is 1. The minimum Gasteiger partial charge on any atom is -0.465 e. The summed E-state index contributed by atoms with van der Waals surface area (Å²) in [7, 11) is 0. The van der Waals surface area contributed by atoms with Crippen LogP contribution in [0.1, 0.15) is 40.8 Å². The molecule has 0 saturated heterocycles. The van der Waals surface area contributed by atoms with Crippen molar-refractivity contribution in [1.29, 1.82) is 0 Å². The van der Waals surface area contributed by atoms with Gasteiger partial charge in [0.05, 0.1) is 5.56 Å². The van der Waals surface area contributed by atoms with E-state index in [1.165, 1.54) is 0 Å². The number of carbonyl (C=O) groups excluding carboxylic acids is 1. The highest BCUT2D eigenvalue weighted by atomic mass is 16.3. The smallest absolute Gasteiger partial charge is 0.166 e. The van der Waals surface area contributed by atoms with Crippen molar-refractivity contribution < 1.29 is 9.21 Å². The number of Topliss-reactive ketones (excluding diaryl/α,β-unsaturated/α-hetero) is 1. The maximum atomic E-state index is 11.7. The van der Waals surface area contributed by atoms with Crippen molar-refractivity contribution in [3.63, 3.8) is 0 Å². The van der Waals surface area contributed by atoms with Gasteiger partial charge in [-0.1, -0.05) is 6.92 Å². The van der Waals surface area contributed by atoms with Crippen LogP contribution in [-0.4, -0.2) is 5.78 Å². The van der Waals surface area contributed by atoms with Gasteiger partial charge < -0.3 is 4.42 Å². The molecule has 70 valence electrons. The zero-order chi connectivity index (χ0) is 9.59. The maximum Gasteiger partial charge on any atom is 0.166 e. The maximum absolute atomic E-state index is 11.7. The number of fused-ring (bicyclic) bond motifs is 1. The zero-order valence-electron chi connectivity index (χ0n) is 8.31. The van der Waals surface area contributed by atoms with Crippen LogP contribution in [0.4, 0.5) is 0 Å². The average molecular weight is 178 g/mol. The van der Waals surface area contributed by atoms with Crippen LogP contribution >= 0.6 is 0 Å². The second-order valence-corrected chi connectivity index (χ2v) is 4.02. The fourth-order valence-corrected chi connectivity index (χ4v) is 2.01. The van der Waals surface area contributed by atoms with Gasteiger partial charge in [-0.05, 0) is 19.8 Å². The molecule has 1 aromatic heterocycles. The standard InChI is InChI=1S/C11H14O2/c1-6-4-9(12)11-7(2)8(3)13-10(11)5-6/h6H,4-5H2,1-3H3. The predicted octanol–water partition coefficient (Wildman–Crippen LogP) is 2.66. The van der Waals surface area contributed by atoms with Crippen LogP contribution in [0.2, 0.25) is 0 Å². The first kappa shape index (κ1) is 8.54. The monoisotopic (exact) mass is 178 g/mol. The lowest BCUT2D eigenvalue weighted by Gasteiger charge is -2.15. The Bertz CT molecular complexity index is 360. The van der Waals surface area contributed by atoms with Crippen molar-refractivity contribution in [3.8, 4) is 0 Å². The summed E-state index contributed by atoms with van der Waals surface area (Å²) in [6.45, 7) is 5.98. The second-order valence-electron chi connectivity index (χ2n) is 4.02. The Labute approximate surface area is 77.9 Å². The van der Waals surface area contributed by atoms with Crippen LogP contribution in [0.5, 0.6) is 0 Å². The van der Waals surface area contributed by atoms with Crippen molar-refractivity contribution in [2.75, 3.05) is 0 Å². The van der Waals surface area contributed by atoms with E-state index in [-0.39, 0.29) is 5.78 Å². The molecule has 0 saturated carbocycles. The molecule has 0 amide bonds. The average Bonchev–Trinajstić information content (AvgIpc) is 2.27. The first-order valence-electron chi connectivity index (χ1n) is 4.71. The molecule has 13 heavy (non-hydrogen) atoms. The molecule has 1 aromatic rings. The van der Waals surface area contributed by atoms with Gasteiger partial charge in [-0.3, -0.25) is 4.79 Å². The molecule has 0 fully saturated rings. The van der Waals surface area contributed by atoms with E-state index in [4.69, 9.17) is 4.42 Å². The van der Waals surface area contributed by atoms with Gasteiger partial charge in [0.25, 0.3) is 0 Å². The van der Waals surface area contributed by atoms with E-state index in [0.717, 1.165) is 29.1 Å². The first-order chi connectivity index (χ1) is 6.09. The second kappa shape index (κ2) is 2.72. The summed E-state index contributed by atoms with van der Waals surface area (Å²) in [6.07, 6.45) is 1.59. The highest BCUT2D eigenvalue weighted by molar-refractivity contribution is 5.99. The molecule has 1 aliphatic rings. The molecule has 2 rings (SSSR count). The third kappa shape index (κ3) is 1.21. The van der Waals surface area contributed by atoms with Gasteiger partial charge >= 0.3 is 0 Å². The van der Waals surface area contributed by atoms with Crippen LogP contribution < -0.4 is 0 Å². The molecule has 0 spiro atoms. The molecule has 2 heteroatoms. The van der Waals surface area contributed by atoms with Gasteiger partial charge in [-0.2, -0.15) is 0 Å². The predicted molar refractivity (Wildman–Crippen MR) is 50.0 cm³/mol. The minimum atomic E-state index is 0.253. The van der Waals surface area contributed by atoms with E-state index in [1.807, 2.05) is 13.8 Å². The van der Waals surface area contributed by atoms with E-state index >= 15 is 0 Å². The topological polar surface area (TPSA) is 30.2 Å². The van der Waals surface area contributed by atoms with E-state index in [9.17, 15) is 4.79 Å². The molecule has 1 aliphatic carbocycles. The Morgan fingerprint density at radius 1 is 1.31 bits per heavy atom. The summed E-state index contributed by atoms with van der Waals surface area (Å²) in [5.41, 5.74) is 1.89. The number of rotatable bonds is 0. The summed E-state index contributed by atoms with van der Waals surface area (Å²) >= 11 is 0. The molecule has 1 unspecified atom stereocenters. The summed E-state index contributed by atoms with van der Waals surface area (Å²) in [4.78, 5) is 11.7. The lowest BCUT2D eigenvalue weighted by Crippen LogP contribution is -2.16.